The summed E-state index contributed by atoms with van der Waals surface area (Å²) in [6.07, 6.45) is 7.17. The van der Waals surface area contributed by atoms with Gasteiger partial charge in [-0.2, -0.15) is 0 Å². The number of nitrogens with one attached hydrogen (secondary N) is 1. The molecule has 0 unspecified atom stereocenters. The smallest absolute Gasteiger partial charge is 0.156 e. The van der Waals surface area contributed by atoms with E-state index in [2.05, 4.69) is 15.3 Å². The predicted molar refractivity (Wildman–Crippen MR) is 81.3 cm³/mol. The Labute approximate surface area is 126 Å². The molecule has 1 aliphatic carbocycles. The van der Waals surface area contributed by atoms with Crippen LogP contribution in [0.1, 0.15) is 50.0 Å². The molecule has 1 atom stereocenters. The van der Waals surface area contributed by atoms with Crippen LogP contribution in [0, 0.1) is 6.92 Å². The second-order valence-corrected chi connectivity index (χ2v) is 6.32. The van der Waals surface area contributed by atoms with E-state index in [0.717, 1.165) is 36.8 Å². The molecule has 1 saturated carbocycles. The van der Waals surface area contributed by atoms with Crippen LogP contribution in [0.25, 0.3) is 0 Å². The highest BCUT2D eigenvalue weighted by molar-refractivity contribution is 5.37. The van der Waals surface area contributed by atoms with Gasteiger partial charge in [0.15, 0.2) is 5.82 Å². The zero-order valence-corrected chi connectivity index (χ0v) is 13.0. The number of hydrogen-bond acceptors (Lipinski definition) is 5. The van der Waals surface area contributed by atoms with Crippen molar-refractivity contribution >= 4 is 5.82 Å². The van der Waals surface area contributed by atoms with Gasteiger partial charge in [-0.3, -0.25) is 0 Å². The van der Waals surface area contributed by atoms with E-state index >= 15 is 0 Å². The number of aryl methyl sites for hydroxylation is 1. The van der Waals surface area contributed by atoms with Gasteiger partial charge in [0, 0.05) is 31.5 Å². The quantitative estimate of drug-likeness (QED) is 0.924. The first-order valence-electron chi connectivity index (χ1n) is 7.93. The number of hydrogen-bond donors (Lipinski definition) is 1. The first kappa shape index (κ1) is 14.7. The molecule has 1 aliphatic heterocycles. The maximum absolute atomic E-state index is 6.09. The van der Waals surface area contributed by atoms with Crippen LogP contribution < -0.4 is 5.32 Å². The van der Waals surface area contributed by atoms with Crippen molar-refractivity contribution in [2.75, 3.05) is 19.0 Å². The van der Waals surface area contributed by atoms with E-state index in [0.29, 0.717) is 12.6 Å². The van der Waals surface area contributed by atoms with E-state index < -0.39 is 0 Å². The van der Waals surface area contributed by atoms with Crippen LogP contribution >= 0.6 is 0 Å². The van der Waals surface area contributed by atoms with Gasteiger partial charge in [0.1, 0.15) is 12.4 Å². The van der Waals surface area contributed by atoms with Crippen molar-refractivity contribution in [3.63, 3.8) is 0 Å². The Balaban J connectivity index is 1.68. The molecule has 0 amide bonds. The molecule has 5 heteroatoms. The summed E-state index contributed by atoms with van der Waals surface area (Å²) in [5.74, 6) is 1.65. The lowest BCUT2D eigenvalue weighted by Gasteiger charge is -2.38. The molecule has 21 heavy (non-hydrogen) atoms. The molecule has 1 aromatic heterocycles. The Morgan fingerprint density at radius 3 is 2.95 bits per heavy atom. The SMILES string of the molecule is COCc1nc(C)cc(N[C@@H]2CCOC3(CCCC3)C2)n1. The van der Waals surface area contributed by atoms with Crippen molar-refractivity contribution in [2.45, 2.75) is 63.7 Å². The number of methoxy groups -OCH3 is 1. The van der Waals surface area contributed by atoms with Crippen LogP contribution in [0.5, 0.6) is 0 Å². The summed E-state index contributed by atoms with van der Waals surface area (Å²) in [4.78, 5) is 8.93. The van der Waals surface area contributed by atoms with Crippen molar-refractivity contribution < 1.29 is 9.47 Å². The lowest BCUT2D eigenvalue weighted by molar-refractivity contribution is -0.0767. The van der Waals surface area contributed by atoms with Crippen LogP contribution in [-0.2, 0) is 16.1 Å². The molecule has 1 aromatic rings. The zero-order chi connectivity index (χ0) is 14.7. The van der Waals surface area contributed by atoms with Crippen molar-refractivity contribution in [1.82, 2.24) is 9.97 Å². The molecule has 116 valence electrons. The topological polar surface area (TPSA) is 56.3 Å². The Morgan fingerprint density at radius 1 is 1.38 bits per heavy atom. The molecule has 1 spiro atoms. The maximum Gasteiger partial charge on any atom is 0.156 e. The summed E-state index contributed by atoms with van der Waals surface area (Å²) in [6.45, 7) is 3.30. The van der Waals surface area contributed by atoms with E-state index in [1.54, 1.807) is 7.11 Å². The lowest BCUT2D eigenvalue weighted by Crippen LogP contribution is -2.42. The normalized spacial score (nSPS) is 24.4. The lowest BCUT2D eigenvalue weighted by atomic mass is 9.89. The van der Waals surface area contributed by atoms with Crippen molar-refractivity contribution in [1.29, 1.82) is 0 Å². The maximum atomic E-state index is 6.09. The van der Waals surface area contributed by atoms with Gasteiger partial charge in [0.2, 0.25) is 0 Å². The molecule has 2 heterocycles. The molecule has 2 aliphatic rings. The van der Waals surface area contributed by atoms with Crippen molar-refractivity contribution in [2.24, 2.45) is 0 Å². The number of rotatable bonds is 4. The molecular weight excluding hydrogens is 266 g/mol. The Bertz CT molecular complexity index is 486. The number of aromatic nitrogens is 2. The monoisotopic (exact) mass is 291 g/mol. The molecule has 3 rings (SSSR count). The van der Waals surface area contributed by atoms with Crippen LogP contribution in [0.2, 0.25) is 0 Å². The van der Waals surface area contributed by atoms with Gasteiger partial charge < -0.3 is 14.8 Å². The first-order chi connectivity index (χ1) is 10.2. The minimum absolute atomic E-state index is 0.132. The van der Waals surface area contributed by atoms with E-state index in [4.69, 9.17) is 9.47 Å². The molecular formula is C16H25N3O2. The third-order valence-corrected chi connectivity index (χ3v) is 4.53. The van der Waals surface area contributed by atoms with E-state index in [-0.39, 0.29) is 5.60 Å². The summed E-state index contributed by atoms with van der Waals surface area (Å²) < 4.78 is 11.2. The average Bonchev–Trinajstić information content (AvgIpc) is 2.86. The molecule has 1 saturated heterocycles. The highest BCUT2D eigenvalue weighted by Gasteiger charge is 2.39. The highest BCUT2D eigenvalue weighted by Crippen LogP contribution is 2.40. The third-order valence-electron chi connectivity index (χ3n) is 4.53. The average molecular weight is 291 g/mol. The van der Waals surface area contributed by atoms with Crippen LogP contribution in [0.15, 0.2) is 6.07 Å². The van der Waals surface area contributed by atoms with Gasteiger partial charge in [0.05, 0.1) is 5.60 Å². The summed E-state index contributed by atoms with van der Waals surface area (Å²) in [7, 11) is 1.67. The first-order valence-corrected chi connectivity index (χ1v) is 7.93. The fourth-order valence-corrected chi connectivity index (χ4v) is 3.63. The third kappa shape index (κ3) is 3.52. The van der Waals surface area contributed by atoms with Crippen LogP contribution in [0.4, 0.5) is 5.82 Å². The standard InChI is InChI=1S/C16H25N3O2/c1-12-9-14(19-15(17-12)11-20-2)18-13-5-8-21-16(10-13)6-3-4-7-16/h9,13H,3-8,10-11H2,1-2H3,(H,17,18,19)/t13-/m1/s1. The Kier molecular flexibility index (Phi) is 4.40. The Hall–Kier alpha value is -1.20. The minimum Gasteiger partial charge on any atom is -0.377 e. The predicted octanol–water partition coefficient (Wildman–Crippen LogP) is 2.84. The zero-order valence-electron chi connectivity index (χ0n) is 13.0. The molecule has 1 N–H and O–H groups in total. The highest BCUT2D eigenvalue weighted by atomic mass is 16.5. The molecule has 0 aromatic carbocycles. The van der Waals surface area contributed by atoms with Crippen LogP contribution in [-0.4, -0.2) is 35.3 Å². The fourth-order valence-electron chi connectivity index (χ4n) is 3.63. The van der Waals surface area contributed by atoms with E-state index in [1.165, 1.54) is 25.7 Å². The second-order valence-electron chi connectivity index (χ2n) is 6.32. The van der Waals surface area contributed by atoms with Gasteiger partial charge >= 0.3 is 0 Å². The summed E-state index contributed by atoms with van der Waals surface area (Å²) >= 11 is 0. The van der Waals surface area contributed by atoms with Crippen molar-refractivity contribution in [3.05, 3.63) is 17.6 Å². The largest absolute Gasteiger partial charge is 0.377 e. The van der Waals surface area contributed by atoms with E-state index in [9.17, 15) is 0 Å². The number of anilines is 1. The fraction of sp³-hybridized carbons (Fsp3) is 0.750. The summed E-state index contributed by atoms with van der Waals surface area (Å²) in [6, 6.07) is 2.46. The van der Waals surface area contributed by atoms with Gasteiger partial charge in [-0.15, -0.1) is 0 Å². The summed E-state index contributed by atoms with van der Waals surface area (Å²) in [5, 5.41) is 3.58. The van der Waals surface area contributed by atoms with Gasteiger partial charge in [-0.25, -0.2) is 9.97 Å². The van der Waals surface area contributed by atoms with Crippen LogP contribution in [0.3, 0.4) is 0 Å². The van der Waals surface area contributed by atoms with Gasteiger partial charge in [-0.05, 0) is 32.6 Å². The number of nitrogens with zero attached hydrogens (tertiary/aromatic N) is 2. The van der Waals surface area contributed by atoms with E-state index in [1.807, 2.05) is 13.0 Å². The Morgan fingerprint density at radius 2 is 2.19 bits per heavy atom. The second kappa shape index (κ2) is 6.28. The van der Waals surface area contributed by atoms with Gasteiger partial charge in [-0.1, -0.05) is 12.8 Å². The number of ether oxygens (including phenoxy) is 2. The molecule has 0 radical (unpaired) electrons. The molecule has 2 fully saturated rings. The minimum atomic E-state index is 0.132. The van der Waals surface area contributed by atoms with Crippen molar-refractivity contribution in [3.8, 4) is 0 Å². The van der Waals surface area contributed by atoms with Gasteiger partial charge in [0.25, 0.3) is 0 Å². The molecule has 5 nitrogen and oxygen atoms in total. The summed E-state index contributed by atoms with van der Waals surface area (Å²) in [5.41, 5.74) is 1.11. The molecule has 0 bridgehead atoms.